The van der Waals surface area contributed by atoms with E-state index in [1.807, 2.05) is 62.4 Å². The maximum atomic E-state index is 14.1. The van der Waals surface area contributed by atoms with Gasteiger partial charge in [0.1, 0.15) is 5.54 Å². The predicted octanol–water partition coefficient (Wildman–Crippen LogP) is 3.89. The summed E-state index contributed by atoms with van der Waals surface area (Å²) in [4.78, 5) is 45.4. The van der Waals surface area contributed by atoms with E-state index in [9.17, 15) is 14.4 Å². The van der Waals surface area contributed by atoms with Gasteiger partial charge >= 0.3 is 0 Å². The molecule has 4 heterocycles. The number of nitrogens with zero attached hydrogens (tertiary/aromatic N) is 2. The van der Waals surface area contributed by atoms with Crippen molar-refractivity contribution in [2.45, 2.75) is 38.3 Å². The SMILES string of the molecule is Cc1cc(C)c2c(c1)[C@@]1(C(=O)N2)[C@H]2C(=O)N(c3ccc4ccccc4c3)C(=O)[C@@H]2[C@H]2CCCN21. The Hall–Kier alpha value is -3.51. The molecule has 3 amide bonds. The molecule has 0 aromatic heterocycles. The van der Waals surface area contributed by atoms with Crippen molar-refractivity contribution in [3.8, 4) is 0 Å². The van der Waals surface area contributed by atoms with Gasteiger partial charge in [0.05, 0.1) is 17.5 Å². The van der Waals surface area contributed by atoms with Crippen LogP contribution in [0.5, 0.6) is 0 Å². The molecule has 3 fully saturated rings. The standard InChI is InChI=1S/C28H25N3O3/c1-15-12-16(2)24-20(13-15)28(27(34)29-24)23-22(21-8-5-11-30(21)28)25(32)31(26(23)33)19-10-9-17-6-3-4-7-18(17)14-19/h3-4,6-7,9-10,12-14,21-23H,5,8,11H2,1-2H3,(H,29,34)/t21-,22-,23-,28+/m1/s1. The first kappa shape index (κ1) is 19.9. The van der Waals surface area contributed by atoms with Crippen LogP contribution >= 0.6 is 0 Å². The molecule has 3 aromatic carbocycles. The molecule has 1 N–H and O–H groups in total. The highest BCUT2D eigenvalue weighted by Gasteiger charge is 2.74. The van der Waals surface area contributed by atoms with Crippen LogP contribution < -0.4 is 10.2 Å². The van der Waals surface area contributed by atoms with Gasteiger partial charge in [-0.2, -0.15) is 0 Å². The molecular weight excluding hydrogens is 426 g/mol. The van der Waals surface area contributed by atoms with E-state index in [0.29, 0.717) is 12.2 Å². The van der Waals surface area contributed by atoms with Gasteiger partial charge in [0, 0.05) is 17.3 Å². The number of nitrogens with one attached hydrogen (secondary N) is 1. The lowest BCUT2D eigenvalue weighted by Crippen LogP contribution is -2.54. The number of amides is 3. The number of anilines is 2. The summed E-state index contributed by atoms with van der Waals surface area (Å²) in [5.41, 5.74) is 3.15. The third kappa shape index (κ3) is 2.22. The topological polar surface area (TPSA) is 69.7 Å². The van der Waals surface area contributed by atoms with Gasteiger partial charge in [0.2, 0.25) is 17.7 Å². The maximum absolute atomic E-state index is 14.1. The predicted molar refractivity (Wildman–Crippen MR) is 129 cm³/mol. The molecule has 0 aliphatic carbocycles. The second-order valence-corrected chi connectivity index (χ2v) is 10.2. The third-order valence-corrected chi connectivity index (χ3v) is 8.43. The van der Waals surface area contributed by atoms with Gasteiger partial charge in [-0.3, -0.25) is 19.3 Å². The number of carbonyl (C=O) groups is 3. The van der Waals surface area contributed by atoms with Crippen molar-refractivity contribution < 1.29 is 14.4 Å². The second-order valence-electron chi connectivity index (χ2n) is 10.2. The average molecular weight is 452 g/mol. The Morgan fingerprint density at radius 3 is 2.56 bits per heavy atom. The fourth-order valence-corrected chi connectivity index (χ4v) is 7.23. The van der Waals surface area contributed by atoms with Crippen LogP contribution in [0.1, 0.15) is 29.5 Å². The number of imide groups is 1. The number of hydrogen-bond donors (Lipinski definition) is 1. The van der Waals surface area contributed by atoms with Crippen LogP contribution in [0, 0.1) is 25.7 Å². The average Bonchev–Trinajstić information content (AvgIpc) is 3.52. The first-order valence-electron chi connectivity index (χ1n) is 12.0. The zero-order valence-corrected chi connectivity index (χ0v) is 19.2. The van der Waals surface area contributed by atoms with Crippen molar-refractivity contribution in [3.05, 3.63) is 71.3 Å². The lowest BCUT2D eigenvalue weighted by molar-refractivity contribution is -0.135. The smallest absolute Gasteiger partial charge is 0.250 e. The summed E-state index contributed by atoms with van der Waals surface area (Å²) in [7, 11) is 0. The maximum Gasteiger partial charge on any atom is 0.250 e. The molecule has 0 unspecified atom stereocenters. The quantitative estimate of drug-likeness (QED) is 0.570. The van der Waals surface area contributed by atoms with Crippen molar-refractivity contribution in [1.82, 2.24) is 4.90 Å². The van der Waals surface area contributed by atoms with Gasteiger partial charge in [-0.1, -0.05) is 48.0 Å². The number of aryl methyl sites for hydroxylation is 2. The minimum absolute atomic E-state index is 0.107. The van der Waals surface area contributed by atoms with E-state index >= 15 is 0 Å². The summed E-state index contributed by atoms with van der Waals surface area (Å²) < 4.78 is 0. The molecule has 4 aliphatic rings. The Kier molecular flexibility index (Phi) is 3.83. The van der Waals surface area contributed by atoms with Gasteiger partial charge < -0.3 is 5.32 Å². The van der Waals surface area contributed by atoms with Crippen molar-refractivity contribution in [2.75, 3.05) is 16.8 Å². The molecule has 3 saturated heterocycles. The highest BCUT2D eigenvalue weighted by molar-refractivity contribution is 6.26. The summed E-state index contributed by atoms with van der Waals surface area (Å²) in [5.74, 6) is -1.85. The van der Waals surface area contributed by atoms with Crippen LogP contribution in [0.15, 0.2) is 54.6 Å². The third-order valence-electron chi connectivity index (χ3n) is 8.43. The largest absolute Gasteiger partial charge is 0.324 e. The summed E-state index contributed by atoms with van der Waals surface area (Å²) in [5, 5.41) is 5.13. The van der Waals surface area contributed by atoms with Gasteiger partial charge in [0.15, 0.2) is 0 Å². The summed E-state index contributed by atoms with van der Waals surface area (Å²) in [6, 6.07) is 17.6. The van der Waals surface area contributed by atoms with Crippen LogP contribution in [-0.4, -0.2) is 35.2 Å². The molecule has 4 aliphatic heterocycles. The van der Waals surface area contributed by atoms with E-state index in [2.05, 4.69) is 16.3 Å². The molecule has 6 heteroatoms. The Balaban J connectivity index is 1.43. The Morgan fingerprint density at radius 1 is 0.941 bits per heavy atom. The lowest BCUT2D eigenvalue weighted by atomic mass is 9.75. The molecule has 7 rings (SSSR count). The molecule has 0 radical (unpaired) electrons. The summed E-state index contributed by atoms with van der Waals surface area (Å²) in [6.07, 6.45) is 1.74. The van der Waals surface area contributed by atoms with Crippen molar-refractivity contribution in [1.29, 1.82) is 0 Å². The first-order valence-corrected chi connectivity index (χ1v) is 12.0. The molecule has 0 saturated carbocycles. The van der Waals surface area contributed by atoms with E-state index in [1.165, 1.54) is 4.90 Å². The number of carbonyl (C=O) groups excluding carboxylic acids is 3. The fraction of sp³-hybridized carbons (Fsp3) is 0.321. The van der Waals surface area contributed by atoms with Crippen LogP contribution in [0.4, 0.5) is 11.4 Å². The highest BCUT2D eigenvalue weighted by Crippen LogP contribution is 2.61. The van der Waals surface area contributed by atoms with Crippen molar-refractivity contribution >= 4 is 39.9 Å². The van der Waals surface area contributed by atoms with Crippen LogP contribution in [0.2, 0.25) is 0 Å². The molecule has 0 bridgehead atoms. The Morgan fingerprint density at radius 2 is 1.74 bits per heavy atom. The van der Waals surface area contributed by atoms with E-state index < -0.39 is 17.4 Å². The summed E-state index contributed by atoms with van der Waals surface area (Å²) >= 11 is 0. The molecular formula is C28H25N3O3. The monoisotopic (exact) mass is 451 g/mol. The minimum Gasteiger partial charge on any atom is -0.324 e. The molecule has 170 valence electrons. The summed E-state index contributed by atoms with van der Waals surface area (Å²) in [6.45, 7) is 4.72. The van der Waals surface area contributed by atoms with Gasteiger partial charge in [-0.25, -0.2) is 4.90 Å². The van der Waals surface area contributed by atoms with E-state index in [0.717, 1.165) is 46.0 Å². The first-order chi connectivity index (χ1) is 16.4. The second kappa shape index (κ2) is 6.54. The zero-order valence-electron chi connectivity index (χ0n) is 19.2. The normalized spacial score (nSPS) is 29.8. The molecule has 3 aromatic rings. The molecule has 4 atom stereocenters. The molecule has 1 spiro atoms. The van der Waals surface area contributed by atoms with Crippen LogP contribution in [0.25, 0.3) is 10.8 Å². The van der Waals surface area contributed by atoms with E-state index in [-0.39, 0.29) is 23.8 Å². The van der Waals surface area contributed by atoms with Gasteiger partial charge in [-0.05, 0) is 61.7 Å². The Labute approximate surface area is 197 Å². The van der Waals surface area contributed by atoms with Crippen molar-refractivity contribution in [3.63, 3.8) is 0 Å². The zero-order chi connectivity index (χ0) is 23.4. The van der Waals surface area contributed by atoms with Gasteiger partial charge in [-0.15, -0.1) is 0 Å². The van der Waals surface area contributed by atoms with E-state index in [4.69, 9.17) is 0 Å². The van der Waals surface area contributed by atoms with Gasteiger partial charge in [0.25, 0.3) is 0 Å². The number of hydrogen-bond acceptors (Lipinski definition) is 4. The van der Waals surface area contributed by atoms with E-state index in [1.54, 1.807) is 0 Å². The molecule has 34 heavy (non-hydrogen) atoms. The minimum atomic E-state index is -1.13. The van der Waals surface area contributed by atoms with Crippen molar-refractivity contribution in [2.24, 2.45) is 11.8 Å². The lowest BCUT2D eigenvalue weighted by Gasteiger charge is -2.36. The Bertz CT molecular complexity index is 1450. The number of rotatable bonds is 1. The van der Waals surface area contributed by atoms with Crippen LogP contribution in [-0.2, 0) is 19.9 Å². The number of fused-ring (bicyclic) bond motifs is 8. The fourth-order valence-electron chi connectivity index (χ4n) is 7.23. The number of benzene rings is 3. The highest BCUT2D eigenvalue weighted by atomic mass is 16.2. The molecule has 6 nitrogen and oxygen atoms in total. The van der Waals surface area contributed by atoms with Crippen LogP contribution in [0.3, 0.4) is 0 Å².